The third kappa shape index (κ3) is 6.24. The van der Waals surface area contributed by atoms with Crippen molar-refractivity contribution in [3.05, 3.63) is 18.7 Å². The third-order valence-corrected chi connectivity index (χ3v) is 3.00. The van der Waals surface area contributed by atoms with Gasteiger partial charge >= 0.3 is 0 Å². The quantitative estimate of drug-likeness (QED) is 0.666. The van der Waals surface area contributed by atoms with Crippen molar-refractivity contribution in [3.8, 4) is 0 Å². The Morgan fingerprint density at radius 1 is 1.40 bits per heavy atom. The van der Waals surface area contributed by atoms with Crippen LogP contribution >= 0.6 is 0 Å². The second kappa shape index (κ2) is 5.87. The zero-order chi connectivity index (χ0) is 11.1. The Morgan fingerprint density at radius 2 is 2.20 bits per heavy atom. The van der Waals surface area contributed by atoms with E-state index < -0.39 is 9.84 Å². The van der Waals surface area contributed by atoms with Crippen LogP contribution in [-0.2, 0) is 16.4 Å². The summed E-state index contributed by atoms with van der Waals surface area (Å²) in [6.45, 7) is 2.43. The molecule has 1 rings (SSSR count). The summed E-state index contributed by atoms with van der Waals surface area (Å²) < 4.78 is 23.6. The van der Waals surface area contributed by atoms with Crippen molar-refractivity contribution >= 4 is 9.84 Å². The normalized spacial score (nSPS) is 11.8. The third-order valence-electron chi connectivity index (χ3n) is 1.97. The molecule has 1 N–H and O–H groups in total. The van der Waals surface area contributed by atoms with Crippen LogP contribution in [0.15, 0.2) is 18.7 Å². The summed E-state index contributed by atoms with van der Waals surface area (Å²) in [5.41, 5.74) is 0. The van der Waals surface area contributed by atoms with Gasteiger partial charge in [-0.15, -0.1) is 0 Å². The van der Waals surface area contributed by atoms with Gasteiger partial charge in [-0.1, -0.05) is 0 Å². The number of nitrogens with zero attached hydrogens (tertiary/aromatic N) is 2. The van der Waals surface area contributed by atoms with Gasteiger partial charge in [0.15, 0.2) is 0 Å². The zero-order valence-electron chi connectivity index (χ0n) is 8.89. The van der Waals surface area contributed by atoms with Gasteiger partial charge in [0.2, 0.25) is 0 Å². The lowest BCUT2D eigenvalue weighted by Gasteiger charge is -2.04. The number of hydrogen-bond donors (Lipinski definition) is 1. The molecule has 0 fully saturated rings. The van der Waals surface area contributed by atoms with E-state index in [1.807, 2.05) is 10.8 Å². The molecule has 86 valence electrons. The van der Waals surface area contributed by atoms with E-state index in [0.717, 1.165) is 19.6 Å². The second-order valence-corrected chi connectivity index (χ2v) is 5.79. The Kier molecular flexibility index (Phi) is 4.77. The largest absolute Gasteiger partial charge is 0.336 e. The van der Waals surface area contributed by atoms with E-state index in [2.05, 4.69) is 10.3 Å². The highest BCUT2D eigenvalue weighted by molar-refractivity contribution is 7.90. The van der Waals surface area contributed by atoms with Crippen LogP contribution in [0.5, 0.6) is 0 Å². The van der Waals surface area contributed by atoms with Crippen LogP contribution in [0.3, 0.4) is 0 Å². The number of nitrogens with one attached hydrogen (secondary N) is 1. The van der Waals surface area contributed by atoms with Crippen molar-refractivity contribution in [1.29, 1.82) is 0 Å². The van der Waals surface area contributed by atoms with Gasteiger partial charge in [0.05, 0.1) is 12.1 Å². The molecule has 0 atom stereocenters. The van der Waals surface area contributed by atoms with E-state index >= 15 is 0 Å². The topological polar surface area (TPSA) is 64.0 Å². The molecule has 5 nitrogen and oxygen atoms in total. The predicted octanol–water partition coefficient (Wildman–Crippen LogP) is -0.0926. The van der Waals surface area contributed by atoms with Crippen LogP contribution in [0.2, 0.25) is 0 Å². The minimum atomic E-state index is -2.81. The van der Waals surface area contributed by atoms with E-state index in [0.29, 0.717) is 6.42 Å². The number of sulfone groups is 1. The monoisotopic (exact) mass is 231 g/mol. The summed E-state index contributed by atoms with van der Waals surface area (Å²) >= 11 is 0. The Balaban J connectivity index is 1.99. The Bertz CT molecular complexity index is 359. The van der Waals surface area contributed by atoms with Crippen molar-refractivity contribution < 1.29 is 8.42 Å². The van der Waals surface area contributed by atoms with Gasteiger partial charge in [0, 0.05) is 31.7 Å². The summed E-state index contributed by atoms with van der Waals surface area (Å²) in [5.74, 6) is 0.255. The fraction of sp³-hybridized carbons (Fsp3) is 0.667. The summed E-state index contributed by atoms with van der Waals surface area (Å²) in [6, 6.07) is 0. The maximum absolute atomic E-state index is 10.8. The van der Waals surface area contributed by atoms with Crippen LogP contribution in [0, 0.1) is 0 Å². The lowest BCUT2D eigenvalue weighted by Crippen LogP contribution is -2.22. The molecule has 0 saturated carbocycles. The Labute approximate surface area is 90.4 Å². The lowest BCUT2D eigenvalue weighted by molar-refractivity contribution is 0.580. The molecular formula is C9H17N3O2S. The summed E-state index contributed by atoms with van der Waals surface area (Å²) in [7, 11) is -2.81. The van der Waals surface area contributed by atoms with Crippen molar-refractivity contribution in [2.75, 3.05) is 25.1 Å². The van der Waals surface area contributed by atoms with Gasteiger partial charge in [0.25, 0.3) is 0 Å². The summed E-state index contributed by atoms with van der Waals surface area (Å²) in [4.78, 5) is 3.93. The smallest absolute Gasteiger partial charge is 0.147 e. The van der Waals surface area contributed by atoms with Gasteiger partial charge in [-0.25, -0.2) is 13.4 Å². The molecule has 1 aromatic heterocycles. The molecule has 0 unspecified atom stereocenters. The summed E-state index contributed by atoms with van der Waals surface area (Å²) in [6.07, 6.45) is 7.33. The van der Waals surface area contributed by atoms with E-state index in [1.54, 1.807) is 12.5 Å². The number of imidazole rings is 1. The van der Waals surface area contributed by atoms with Crippen LogP contribution in [0.25, 0.3) is 0 Å². The van der Waals surface area contributed by atoms with Crippen molar-refractivity contribution in [1.82, 2.24) is 14.9 Å². The number of hydrogen-bond acceptors (Lipinski definition) is 4. The molecule has 0 amide bonds. The molecule has 1 heterocycles. The molecule has 0 aliphatic heterocycles. The molecule has 6 heteroatoms. The number of aromatic nitrogens is 2. The van der Waals surface area contributed by atoms with Crippen molar-refractivity contribution in [3.63, 3.8) is 0 Å². The maximum atomic E-state index is 10.8. The predicted molar refractivity (Wildman–Crippen MR) is 59.4 cm³/mol. The standard InChI is InChI=1S/C9H17N3O2S/c1-15(13,14)8-2-3-10-4-6-12-7-5-11-9-12/h5,7,9-10H,2-4,6,8H2,1H3. The van der Waals surface area contributed by atoms with Crippen LogP contribution < -0.4 is 5.32 Å². The van der Waals surface area contributed by atoms with Crippen LogP contribution in [-0.4, -0.2) is 43.1 Å². The molecule has 0 spiro atoms. The highest BCUT2D eigenvalue weighted by Crippen LogP contribution is 1.87. The molecule has 15 heavy (non-hydrogen) atoms. The minimum Gasteiger partial charge on any atom is -0.336 e. The molecule has 0 saturated heterocycles. The van der Waals surface area contributed by atoms with Crippen molar-refractivity contribution in [2.24, 2.45) is 0 Å². The molecular weight excluding hydrogens is 214 g/mol. The fourth-order valence-corrected chi connectivity index (χ4v) is 1.88. The van der Waals surface area contributed by atoms with E-state index in [9.17, 15) is 8.42 Å². The van der Waals surface area contributed by atoms with Gasteiger partial charge < -0.3 is 9.88 Å². The minimum absolute atomic E-state index is 0.255. The van der Waals surface area contributed by atoms with E-state index in [4.69, 9.17) is 0 Å². The second-order valence-electron chi connectivity index (χ2n) is 3.53. The first kappa shape index (κ1) is 12.2. The van der Waals surface area contributed by atoms with E-state index in [1.165, 1.54) is 6.26 Å². The first-order valence-corrected chi connectivity index (χ1v) is 6.98. The Hall–Kier alpha value is -0.880. The van der Waals surface area contributed by atoms with Crippen LogP contribution in [0.1, 0.15) is 6.42 Å². The Morgan fingerprint density at radius 3 is 2.80 bits per heavy atom. The first-order chi connectivity index (χ1) is 7.08. The zero-order valence-corrected chi connectivity index (χ0v) is 9.70. The molecule has 0 radical (unpaired) electrons. The molecule has 0 aliphatic carbocycles. The molecule has 0 aromatic carbocycles. The molecule has 1 aromatic rings. The summed E-state index contributed by atoms with van der Waals surface area (Å²) in [5, 5.41) is 3.18. The maximum Gasteiger partial charge on any atom is 0.147 e. The lowest BCUT2D eigenvalue weighted by atomic mass is 10.4. The van der Waals surface area contributed by atoms with Gasteiger partial charge in [-0.2, -0.15) is 0 Å². The van der Waals surface area contributed by atoms with Gasteiger partial charge in [-0.05, 0) is 13.0 Å². The first-order valence-electron chi connectivity index (χ1n) is 4.92. The molecule has 0 aliphatic rings. The molecule has 0 bridgehead atoms. The van der Waals surface area contributed by atoms with Gasteiger partial charge in [0.1, 0.15) is 9.84 Å². The number of rotatable bonds is 7. The fourth-order valence-electron chi connectivity index (χ4n) is 1.21. The van der Waals surface area contributed by atoms with Crippen LogP contribution in [0.4, 0.5) is 0 Å². The van der Waals surface area contributed by atoms with Gasteiger partial charge in [-0.3, -0.25) is 0 Å². The average molecular weight is 231 g/mol. The highest BCUT2D eigenvalue weighted by Gasteiger charge is 2.00. The van der Waals surface area contributed by atoms with E-state index in [-0.39, 0.29) is 5.75 Å². The average Bonchev–Trinajstić information content (AvgIpc) is 2.61. The van der Waals surface area contributed by atoms with Crippen molar-refractivity contribution in [2.45, 2.75) is 13.0 Å². The SMILES string of the molecule is CS(=O)(=O)CCCNCCn1ccnc1. The highest BCUT2D eigenvalue weighted by atomic mass is 32.2.